The molecule has 1 aliphatic carbocycles. The molecule has 4 aromatic rings. The van der Waals surface area contributed by atoms with Crippen molar-refractivity contribution in [1.82, 2.24) is 19.8 Å². The SMILES string of the molecule is COc1cc(-c2cncc(CN(C(=O)C3CCCCC3)C3CCN(Cc4ccnc(-c5cc(OC)c(OC)c(OC)c5)c4)CC3)c2)cc(OC)c1OC. The number of carbonyl (C=O) groups excluding carboxylic acids is 1. The van der Waals surface area contributed by atoms with Crippen molar-refractivity contribution in [3.8, 4) is 56.9 Å². The normalized spacial score (nSPS) is 15.4. The zero-order chi connectivity index (χ0) is 37.3. The summed E-state index contributed by atoms with van der Waals surface area (Å²) >= 11 is 0. The number of hydrogen-bond acceptors (Lipinski definition) is 10. The fourth-order valence-corrected chi connectivity index (χ4v) is 7.75. The largest absolute Gasteiger partial charge is 0.493 e. The molecule has 1 aliphatic heterocycles. The summed E-state index contributed by atoms with van der Waals surface area (Å²) < 4.78 is 33.4. The second-order valence-corrected chi connectivity index (χ2v) is 13.8. The van der Waals surface area contributed by atoms with Crippen molar-refractivity contribution < 1.29 is 33.2 Å². The number of carbonyl (C=O) groups is 1. The van der Waals surface area contributed by atoms with Crippen molar-refractivity contribution in [2.45, 2.75) is 64.1 Å². The standard InChI is InChI=1S/C42H52N4O7/c1-48-36-20-31(21-37(49-2)40(36)52-5)33-18-29(24-43-25-33)27-46(42(47)30-10-8-7-9-11-30)34-13-16-45(17-14-34)26-28-12-15-44-35(19-28)32-22-38(50-3)41(53-6)39(23-32)51-4/h12,15,18-25,30,34H,7-11,13-14,16-17,26-27H2,1-6H3. The molecule has 3 heterocycles. The van der Waals surface area contributed by atoms with Crippen LogP contribution in [0.15, 0.2) is 61.1 Å². The highest BCUT2D eigenvalue weighted by Gasteiger charge is 2.33. The van der Waals surface area contributed by atoms with Gasteiger partial charge in [0.25, 0.3) is 0 Å². The third kappa shape index (κ3) is 8.62. The molecule has 0 N–H and O–H groups in total. The fraction of sp³-hybridized carbons (Fsp3) is 0.452. The van der Waals surface area contributed by atoms with Crippen LogP contribution < -0.4 is 28.4 Å². The third-order valence-corrected chi connectivity index (χ3v) is 10.6. The number of pyridine rings is 2. The minimum Gasteiger partial charge on any atom is -0.493 e. The molecule has 2 aromatic heterocycles. The van der Waals surface area contributed by atoms with E-state index in [1.54, 1.807) is 42.7 Å². The molecule has 0 spiro atoms. The minimum atomic E-state index is 0.0819. The van der Waals surface area contributed by atoms with Crippen LogP contribution in [0.2, 0.25) is 0 Å². The number of methoxy groups -OCH3 is 6. The Morgan fingerprint density at radius 1 is 0.679 bits per heavy atom. The van der Waals surface area contributed by atoms with Gasteiger partial charge in [-0.05, 0) is 84.8 Å². The average Bonchev–Trinajstić information content (AvgIpc) is 3.22. The summed E-state index contributed by atoms with van der Waals surface area (Å²) in [7, 11) is 9.65. The highest BCUT2D eigenvalue weighted by molar-refractivity contribution is 5.79. The smallest absolute Gasteiger partial charge is 0.226 e. The van der Waals surface area contributed by atoms with E-state index in [1.165, 1.54) is 12.0 Å². The zero-order valence-electron chi connectivity index (χ0n) is 31.9. The highest BCUT2D eigenvalue weighted by atomic mass is 16.5. The van der Waals surface area contributed by atoms with Crippen LogP contribution in [0.5, 0.6) is 34.5 Å². The van der Waals surface area contributed by atoms with Crippen molar-refractivity contribution in [1.29, 1.82) is 0 Å². The number of benzene rings is 2. The molecule has 11 heteroatoms. The summed E-state index contributed by atoms with van der Waals surface area (Å²) in [5.41, 5.74) is 5.72. The Balaban J connectivity index is 1.18. The number of ether oxygens (including phenoxy) is 6. The Morgan fingerprint density at radius 2 is 1.26 bits per heavy atom. The van der Waals surface area contributed by atoms with E-state index < -0.39 is 0 Å². The quantitative estimate of drug-likeness (QED) is 0.130. The lowest BCUT2D eigenvalue weighted by Crippen LogP contribution is -2.48. The monoisotopic (exact) mass is 724 g/mol. The minimum absolute atomic E-state index is 0.0819. The van der Waals surface area contributed by atoms with Crippen LogP contribution >= 0.6 is 0 Å². The summed E-state index contributed by atoms with van der Waals surface area (Å²) in [6, 6.07) is 14.2. The maximum absolute atomic E-state index is 14.3. The summed E-state index contributed by atoms with van der Waals surface area (Å²) in [5.74, 6) is 3.80. The van der Waals surface area contributed by atoms with Gasteiger partial charge in [-0.2, -0.15) is 0 Å². The number of piperidine rings is 1. The Labute approximate surface area is 313 Å². The number of likely N-dealkylation sites (tertiary alicyclic amines) is 1. The third-order valence-electron chi connectivity index (χ3n) is 10.6. The molecular formula is C42H52N4O7. The molecule has 0 radical (unpaired) electrons. The molecular weight excluding hydrogens is 672 g/mol. The van der Waals surface area contributed by atoms with E-state index in [2.05, 4.69) is 38.0 Å². The molecule has 2 aliphatic rings. The Hall–Kier alpha value is -5.03. The van der Waals surface area contributed by atoms with Crippen molar-refractivity contribution in [3.05, 3.63) is 72.2 Å². The van der Waals surface area contributed by atoms with E-state index in [0.29, 0.717) is 41.0 Å². The van der Waals surface area contributed by atoms with Gasteiger partial charge in [-0.3, -0.25) is 19.7 Å². The summed E-state index contributed by atoms with van der Waals surface area (Å²) in [4.78, 5) is 28.2. The molecule has 6 rings (SSSR count). The predicted molar refractivity (Wildman–Crippen MR) is 204 cm³/mol. The predicted octanol–water partition coefficient (Wildman–Crippen LogP) is 7.44. The Kier molecular flexibility index (Phi) is 12.6. The fourth-order valence-electron chi connectivity index (χ4n) is 7.75. The molecule has 0 bridgehead atoms. The topological polar surface area (TPSA) is 105 Å². The van der Waals surface area contributed by atoms with Gasteiger partial charge in [0.15, 0.2) is 23.0 Å². The summed E-state index contributed by atoms with van der Waals surface area (Å²) in [6.07, 6.45) is 12.8. The second kappa shape index (κ2) is 17.7. The molecule has 0 atom stereocenters. The number of hydrogen-bond donors (Lipinski definition) is 0. The van der Waals surface area contributed by atoms with Gasteiger partial charge in [0.2, 0.25) is 17.4 Å². The maximum Gasteiger partial charge on any atom is 0.226 e. The van der Waals surface area contributed by atoms with Gasteiger partial charge in [-0.25, -0.2) is 0 Å². The van der Waals surface area contributed by atoms with Crippen LogP contribution in [0.25, 0.3) is 22.4 Å². The van der Waals surface area contributed by atoms with Gasteiger partial charge in [-0.1, -0.05) is 19.3 Å². The van der Waals surface area contributed by atoms with Crippen LogP contribution in [-0.2, 0) is 17.9 Å². The van der Waals surface area contributed by atoms with Gasteiger partial charge in [-0.15, -0.1) is 0 Å². The Morgan fingerprint density at radius 3 is 1.83 bits per heavy atom. The van der Waals surface area contributed by atoms with Crippen LogP contribution in [0.4, 0.5) is 0 Å². The van der Waals surface area contributed by atoms with E-state index in [1.807, 2.05) is 42.9 Å². The van der Waals surface area contributed by atoms with Crippen molar-refractivity contribution in [3.63, 3.8) is 0 Å². The first-order chi connectivity index (χ1) is 25.9. The summed E-state index contributed by atoms with van der Waals surface area (Å²) in [6.45, 7) is 3.10. The van der Waals surface area contributed by atoms with Crippen LogP contribution in [0.3, 0.4) is 0 Å². The first-order valence-electron chi connectivity index (χ1n) is 18.4. The molecule has 1 amide bonds. The number of aromatic nitrogens is 2. The molecule has 0 unspecified atom stereocenters. The number of amides is 1. The second-order valence-electron chi connectivity index (χ2n) is 13.8. The van der Waals surface area contributed by atoms with Gasteiger partial charge < -0.3 is 33.3 Å². The van der Waals surface area contributed by atoms with Crippen molar-refractivity contribution >= 4 is 5.91 Å². The number of nitrogens with zero attached hydrogens (tertiary/aromatic N) is 4. The van der Waals surface area contributed by atoms with Crippen molar-refractivity contribution in [2.24, 2.45) is 5.92 Å². The average molecular weight is 725 g/mol. The van der Waals surface area contributed by atoms with E-state index >= 15 is 0 Å². The molecule has 1 saturated carbocycles. The van der Waals surface area contributed by atoms with E-state index in [0.717, 1.165) is 86.1 Å². The molecule has 53 heavy (non-hydrogen) atoms. The molecule has 2 fully saturated rings. The molecule has 11 nitrogen and oxygen atoms in total. The van der Waals surface area contributed by atoms with Gasteiger partial charge in [0, 0.05) is 67.9 Å². The highest BCUT2D eigenvalue weighted by Crippen LogP contribution is 2.42. The molecule has 1 saturated heterocycles. The lowest BCUT2D eigenvalue weighted by Gasteiger charge is -2.40. The summed E-state index contributed by atoms with van der Waals surface area (Å²) in [5, 5.41) is 0. The first kappa shape index (κ1) is 37.7. The number of rotatable bonds is 14. The molecule has 2 aromatic carbocycles. The van der Waals surface area contributed by atoms with E-state index in [9.17, 15) is 4.79 Å². The van der Waals surface area contributed by atoms with E-state index in [-0.39, 0.29) is 17.9 Å². The first-order valence-corrected chi connectivity index (χ1v) is 18.4. The van der Waals surface area contributed by atoms with Gasteiger partial charge >= 0.3 is 0 Å². The lowest BCUT2D eigenvalue weighted by molar-refractivity contribution is -0.140. The van der Waals surface area contributed by atoms with Crippen LogP contribution in [0, 0.1) is 5.92 Å². The molecule has 282 valence electrons. The van der Waals surface area contributed by atoms with Crippen LogP contribution in [0.1, 0.15) is 56.1 Å². The van der Waals surface area contributed by atoms with Crippen LogP contribution in [-0.4, -0.2) is 87.5 Å². The maximum atomic E-state index is 14.3. The van der Waals surface area contributed by atoms with Gasteiger partial charge in [0.1, 0.15) is 0 Å². The van der Waals surface area contributed by atoms with Gasteiger partial charge in [0.05, 0.1) is 48.4 Å². The Bertz CT molecular complexity index is 1800. The lowest BCUT2D eigenvalue weighted by atomic mass is 9.87. The zero-order valence-corrected chi connectivity index (χ0v) is 31.9. The van der Waals surface area contributed by atoms with Crippen molar-refractivity contribution in [2.75, 3.05) is 55.7 Å². The van der Waals surface area contributed by atoms with E-state index in [4.69, 9.17) is 28.4 Å².